The van der Waals surface area contributed by atoms with Crippen molar-refractivity contribution in [2.45, 2.75) is 431 Å². The highest BCUT2D eigenvalue weighted by atomic mass is 16.5. The van der Waals surface area contributed by atoms with E-state index in [1.54, 1.807) is 6.08 Å². The number of esters is 1. The largest absolute Gasteiger partial charge is 0.466 e. The number of aliphatic hydroxyl groups is 2. The minimum atomic E-state index is -0.846. The third-order valence-corrected chi connectivity index (χ3v) is 17.7. The van der Waals surface area contributed by atoms with Crippen LogP contribution < -0.4 is 5.32 Å². The van der Waals surface area contributed by atoms with Crippen LogP contribution in [0.3, 0.4) is 0 Å². The second-order valence-electron chi connectivity index (χ2n) is 26.0. The zero-order valence-electron chi connectivity index (χ0n) is 56.2. The highest BCUT2D eigenvalue weighted by Crippen LogP contribution is 2.19. The summed E-state index contributed by atoms with van der Waals surface area (Å²) in [5.74, 6) is -0.0486. The summed E-state index contributed by atoms with van der Waals surface area (Å²) >= 11 is 0. The molecule has 0 fully saturated rings. The summed E-state index contributed by atoms with van der Waals surface area (Å²) in [7, 11) is 0. The Balaban J connectivity index is 3.40. The first-order valence-electron chi connectivity index (χ1n) is 37.8. The van der Waals surface area contributed by atoms with Crippen molar-refractivity contribution in [2.75, 3.05) is 13.2 Å². The number of unbranched alkanes of at least 4 members (excludes halogenated alkanes) is 56. The molecule has 0 heterocycles. The van der Waals surface area contributed by atoms with Crippen LogP contribution in [0.15, 0.2) is 36.5 Å². The van der Waals surface area contributed by atoms with E-state index >= 15 is 0 Å². The Hall–Kier alpha value is -1.92. The Kier molecular flexibility index (Phi) is 70.9. The maximum Gasteiger partial charge on any atom is 0.305 e. The minimum absolute atomic E-state index is 0.0172. The molecule has 6 nitrogen and oxygen atoms in total. The molecule has 83 heavy (non-hydrogen) atoms. The first-order valence-corrected chi connectivity index (χ1v) is 37.8. The summed E-state index contributed by atoms with van der Waals surface area (Å²) in [5.41, 5.74) is 0. The summed E-state index contributed by atoms with van der Waals surface area (Å²) in [4.78, 5) is 24.6. The second kappa shape index (κ2) is 72.6. The SMILES string of the molecule is CCCCCCCCCCCCCCCCCC/C=C/C(O)C(CO)NC(=O)CCCCCCCCCCCCCCC/C=C\C/C=C\CCCCCCCCCCCOC(=O)CCCCCCCCCCCCCCCCCCCCC. The van der Waals surface area contributed by atoms with Gasteiger partial charge in [0.1, 0.15) is 0 Å². The number of hydrogen-bond acceptors (Lipinski definition) is 5. The molecule has 0 saturated carbocycles. The van der Waals surface area contributed by atoms with Crippen LogP contribution in [0.2, 0.25) is 0 Å². The number of carbonyl (C=O) groups excluding carboxylic acids is 2. The lowest BCUT2D eigenvalue weighted by Crippen LogP contribution is -2.45. The van der Waals surface area contributed by atoms with Gasteiger partial charge in [0.2, 0.25) is 5.91 Å². The Morgan fingerprint density at radius 3 is 0.916 bits per heavy atom. The van der Waals surface area contributed by atoms with Crippen molar-refractivity contribution in [1.82, 2.24) is 5.32 Å². The lowest BCUT2D eigenvalue weighted by atomic mass is 10.0. The van der Waals surface area contributed by atoms with Gasteiger partial charge in [0.05, 0.1) is 25.4 Å². The van der Waals surface area contributed by atoms with E-state index in [1.807, 2.05) is 6.08 Å². The molecule has 0 bridgehead atoms. The van der Waals surface area contributed by atoms with Gasteiger partial charge >= 0.3 is 5.97 Å². The van der Waals surface area contributed by atoms with E-state index < -0.39 is 12.1 Å². The predicted octanol–water partition coefficient (Wildman–Crippen LogP) is 24.7. The third-order valence-electron chi connectivity index (χ3n) is 17.7. The molecule has 0 aromatic carbocycles. The first kappa shape index (κ1) is 81.1. The van der Waals surface area contributed by atoms with E-state index in [-0.39, 0.29) is 18.5 Å². The predicted molar refractivity (Wildman–Crippen MR) is 366 cm³/mol. The molecule has 0 spiro atoms. The second-order valence-corrected chi connectivity index (χ2v) is 26.0. The number of allylic oxidation sites excluding steroid dienone is 5. The van der Waals surface area contributed by atoms with Crippen molar-refractivity contribution in [3.05, 3.63) is 36.5 Å². The lowest BCUT2D eigenvalue weighted by molar-refractivity contribution is -0.143. The highest BCUT2D eigenvalue weighted by Gasteiger charge is 2.18. The standard InChI is InChI=1S/C77H147NO5/c1-3-5-7-9-11-13-15-17-19-21-34-39-43-47-51-55-59-63-67-71-77(82)83-72-68-64-60-56-52-48-44-40-36-33-31-29-27-25-23-24-26-28-30-32-35-38-42-46-50-54-58-62-66-70-76(81)78-74(73-79)75(80)69-65-61-57-53-49-45-41-37-22-20-18-16-14-12-10-8-6-4-2/h23,25,29,31,65,69,74-75,79-80H,3-22,24,26-28,30,32-64,66-68,70-73H2,1-2H3,(H,78,81)/b25-23-,31-29-,69-65+. The fourth-order valence-corrected chi connectivity index (χ4v) is 11.9. The van der Waals surface area contributed by atoms with Crippen molar-refractivity contribution >= 4 is 11.9 Å². The Labute approximate surface area is 519 Å². The number of aliphatic hydroxyl groups excluding tert-OH is 2. The van der Waals surface area contributed by atoms with Crippen LogP contribution in [-0.4, -0.2) is 47.4 Å². The van der Waals surface area contributed by atoms with Crippen LogP contribution in [0.5, 0.6) is 0 Å². The van der Waals surface area contributed by atoms with Crippen molar-refractivity contribution in [2.24, 2.45) is 0 Å². The van der Waals surface area contributed by atoms with Crippen LogP contribution in [0.1, 0.15) is 418 Å². The quantitative estimate of drug-likeness (QED) is 0.0320. The molecule has 0 aliphatic carbocycles. The van der Waals surface area contributed by atoms with E-state index in [1.165, 1.54) is 347 Å². The summed E-state index contributed by atoms with van der Waals surface area (Å²) < 4.78 is 5.51. The summed E-state index contributed by atoms with van der Waals surface area (Å²) in [6, 6.07) is -0.630. The molecule has 2 unspecified atom stereocenters. The van der Waals surface area contributed by atoms with Gasteiger partial charge in [-0.3, -0.25) is 9.59 Å². The summed E-state index contributed by atoms with van der Waals surface area (Å²) in [6.07, 6.45) is 93.9. The number of hydrogen-bond donors (Lipinski definition) is 3. The monoisotopic (exact) mass is 1170 g/mol. The number of rotatable bonds is 71. The molecule has 6 heteroatoms. The Bertz CT molecular complexity index is 1340. The molecular formula is C77H147NO5. The van der Waals surface area contributed by atoms with Crippen molar-refractivity contribution in [3.63, 3.8) is 0 Å². The maximum absolute atomic E-state index is 12.5. The smallest absolute Gasteiger partial charge is 0.305 e. The lowest BCUT2D eigenvalue weighted by Gasteiger charge is -2.20. The molecule has 0 rings (SSSR count). The number of amides is 1. The number of ether oxygens (including phenoxy) is 1. The molecule has 0 aliphatic heterocycles. The van der Waals surface area contributed by atoms with Gasteiger partial charge in [0, 0.05) is 12.8 Å². The summed E-state index contributed by atoms with van der Waals surface area (Å²) in [6.45, 7) is 4.95. The van der Waals surface area contributed by atoms with Crippen LogP contribution in [0.25, 0.3) is 0 Å². The van der Waals surface area contributed by atoms with Gasteiger partial charge in [0.15, 0.2) is 0 Å². The van der Waals surface area contributed by atoms with Gasteiger partial charge in [-0.05, 0) is 64.2 Å². The molecule has 0 saturated heterocycles. The Morgan fingerprint density at radius 1 is 0.337 bits per heavy atom. The zero-order valence-corrected chi connectivity index (χ0v) is 56.2. The summed E-state index contributed by atoms with van der Waals surface area (Å²) in [5, 5.41) is 23.2. The van der Waals surface area contributed by atoms with Crippen molar-refractivity contribution in [1.29, 1.82) is 0 Å². The van der Waals surface area contributed by atoms with Crippen molar-refractivity contribution < 1.29 is 24.5 Å². The van der Waals surface area contributed by atoms with E-state index in [0.717, 1.165) is 44.9 Å². The van der Waals surface area contributed by atoms with Gasteiger partial charge in [-0.25, -0.2) is 0 Å². The molecule has 0 aromatic rings. The van der Waals surface area contributed by atoms with Crippen LogP contribution in [-0.2, 0) is 14.3 Å². The average Bonchev–Trinajstić information content (AvgIpc) is 3.49. The first-order chi connectivity index (χ1) is 41.0. The molecule has 3 N–H and O–H groups in total. The van der Waals surface area contributed by atoms with E-state index in [2.05, 4.69) is 43.5 Å². The third kappa shape index (κ3) is 69.1. The van der Waals surface area contributed by atoms with Gasteiger partial charge < -0.3 is 20.3 Å². The number of carbonyl (C=O) groups is 2. The van der Waals surface area contributed by atoms with Gasteiger partial charge in [-0.15, -0.1) is 0 Å². The van der Waals surface area contributed by atoms with Crippen LogP contribution in [0, 0.1) is 0 Å². The number of nitrogens with one attached hydrogen (secondary N) is 1. The fraction of sp³-hybridized carbons (Fsp3) is 0.896. The maximum atomic E-state index is 12.5. The molecular weight excluding hydrogens is 1020 g/mol. The molecule has 0 aromatic heterocycles. The van der Waals surface area contributed by atoms with Gasteiger partial charge in [0.25, 0.3) is 0 Å². The molecule has 2 atom stereocenters. The normalized spacial score (nSPS) is 12.7. The zero-order chi connectivity index (χ0) is 59.9. The minimum Gasteiger partial charge on any atom is -0.466 e. The van der Waals surface area contributed by atoms with E-state index in [0.29, 0.717) is 19.4 Å². The van der Waals surface area contributed by atoms with Crippen molar-refractivity contribution in [3.8, 4) is 0 Å². The van der Waals surface area contributed by atoms with Crippen LogP contribution >= 0.6 is 0 Å². The molecule has 0 radical (unpaired) electrons. The fourth-order valence-electron chi connectivity index (χ4n) is 11.9. The highest BCUT2D eigenvalue weighted by molar-refractivity contribution is 5.76. The molecule has 0 aliphatic rings. The van der Waals surface area contributed by atoms with Crippen LogP contribution in [0.4, 0.5) is 0 Å². The molecule has 490 valence electrons. The molecule has 1 amide bonds. The van der Waals surface area contributed by atoms with E-state index in [9.17, 15) is 19.8 Å². The Morgan fingerprint density at radius 2 is 0.602 bits per heavy atom. The van der Waals surface area contributed by atoms with Gasteiger partial charge in [-0.1, -0.05) is 378 Å². The topological polar surface area (TPSA) is 95.9 Å². The van der Waals surface area contributed by atoms with E-state index in [4.69, 9.17) is 4.74 Å². The van der Waals surface area contributed by atoms with Gasteiger partial charge in [-0.2, -0.15) is 0 Å². The average molecular weight is 1170 g/mol.